The number of ether oxygens (including phenoxy) is 1. The van der Waals surface area contributed by atoms with E-state index in [0.29, 0.717) is 28.8 Å². The molecule has 1 N–H and O–H groups in total. The molecule has 0 radical (unpaired) electrons. The van der Waals surface area contributed by atoms with Gasteiger partial charge < -0.3 is 10.1 Å². The van der Waals surface area contributed by atoms with Crippen LogP contribution in [0.25, 0.3) is 0 Å². The first-order chi connectivity index (χ1) is 13.4. The van der Waals surface area contributed by atoms with E-state index in [1.807, 2.05) is 56.3 Å². The molecule has 0 aliphatic rings. The predicted octanol–water partition coefficient (Wildman–Crippen LogP) is 5.00. The van der Waals surface area contributed by atoms with Crippen LogP contribution >= 0.6 is 11.5 Å². The van der Waals surface area contributed by atoms with E-state index in [9.17, 15) is 4.79 Å². The average Bonchev–Trinajstić information content (AvgIpc) is 3.11. The summed E-state index contributed by atoms with van der Waals surface area (Å²) in [6.07, 6.45) is 0.662. The van der Waals surface area contributed by atoms with E-state index in [1.54, 1.807) is 6.07 Å². The zero-order valence-corrected chi connectivity index (χ0v) is 17.4. The number of hydrogen-bond donors (Lipinski definition) is 1. The molecule has 3 rings (SSSR count). The van der Waals surface area contributed by atoms with Gasteiger partial charge in [0.25, 0.3) is 11.1 Å². The molecule has 1 unspecified atom stereocenters. The van der Waals surface area contributed by atoms with Crippen molar-refractivity contribution in [2.24, 2.45) is 5.92 Å². The van der Waals surface area contributed by atoms with E-state index in [1.165, 1.54) is 11.5 Å². The lowest BCUT2D eigenvalue weighted by atomic mass is 10.1. The lowest BCUT2D eigenvalue weighted by Gasteiger charge is -2.17. The van der Waals surface area contributed by atoms with Gasteiger partial charge in [-0.25, -0.2) is 0 Å². The van der Waals surface area contributed by atoms with Crippen molar-refractivity contribution in [2.45, 2.75) is 40.2 Å². The molecule has 5 nitrogen and oxygen atoms in total. The minimum absolute atomic E-state index is 0.0990. The highest BCUT2D eigenvalue weighted by Gasteiger charge is 2.15. The largest absolute Gasteiger partial charge is 0.430 e. The Labute approximate surface area is 170 Å². The summed E-state index contributed by atoms with van der Waals surface area (Å²) in [6.45, 7) is 8.11. The van der Waals surface area contributed by atoms with Gasteiger partial charge in [0.15, 0.2) is 5.82 Å². The smallest absolute Gasteiger partial charge is 0.298 e. The molecule has 0 saturated heterocycles. The molecule has 28 heavy (non-hydrogen) atoms. The second kappa shape index (κ2) is 8.97. The van der Waals surface area contributed by atoms with Crippen LogP contribution in [-0.2, 0) is 6.42 Å². The Bertz CT molecular complexity index is 938. The molecule has 1 amide bonds. The number of hydrogen-bond acceptors (Lipinski definition) is 5. The highest BCUT2D eigenvalue weighted by atomic mass is 32.1. The first-order valence-corrected chi connectivity index (χ1v) is 10.2. The van der Waals surface area contributed by atoms with Crippen LogP contribution in [0.2, 0.25) is 0 Å². The highest BCUT2D eigenvalue weighted by Crippen LogP contribution is 2.28. The number of carbonyl (C=O) groups excluding carboxylic acids is 1. The molecule has 1 heterocycles. The van der Waals surface area contributed by atoms with Crippen molar-refractivity contribution in [1.82, 2.24) is 14.7 Å². The molecule has 3 aromatic rings. The standard InChI is InChI=1S/C22H25N3O2S/c1-14(2)16(4)23-21(26)18-11-10-15(3)19(13-18)27-22-24-20(25-28-22)12-17-8-6-5-7-9-17/h5-11,13-14,16H,12H2,1-4H3,(H,23,26). The molecule has 0 aliphatic heterocycles. The van der Waals surface area contributed by atoms with Gasteiger partial charge >= 0.3 is 0 Å². The Morgan fingerprint density at radius 3 is 2.61 bits per heavy atom. The average molecular weight is 396 g/mol. The van der Waals surface area contributed by atoms with E-state index >= 15 is 0 Å². The van der Waals surface area contributed by atoms with Gasteiger partial charge in [0.05, 0.1) is 0 Å². The Kier molecular flexibility index (Phi) is 6.41. The Morgan fingerprint density at radius 1 is 1.14 bits per heavy atom. The maximum absolute atomic E-state index is 12.5. The van der Waals surface area contributed by atoms with E-state index in [2.05, 4.69) is 28.5 Å². The summed E-state index contributed by atoms with van der Waals surface area (Å²) in [5.74, 6) is 1.61. The van der Waals surface area contributed by atoms with Gasteiger partial charge in [-0.1, -0.05) is 50.2 Å². The number of aromatic nitrogens is 2. The van der Waals surface area contributed by atoms with E-state index in [4.69, 9.17) is 4.74 Å². The molecule has 0 spiro atoms. The van der Waals surface area contributed by atoms with Crippen molar-refractivity contribution in [3.63, 3.8) is 0 Å². The number of nitrogens with zero attached hydrogens (tertiary/aromatic N) is 2. The summed E-state index contributed by atoms with van der Waals surface area (Å²) >= 11 is 1.22. The zero-order chi connectivity index (χ0) is 20.1. The van der Waals surface area contributed by atoms with E-state index < -0.39 is 0 Å². The molecular weight excluding hydrogens is 370 g/mol. The van der Waals surface area contributed by atoms with Crippen molar-refractivity contribution in [3.8, 4) is 10.9 Å². The summed E-state index contributed by atoms with van der Waals surface area (Å²) in [6, 6.07) is 15.6. The summed E-state index contributed by atoms with van der Waals surface area (Å²) in [5, 5.41) is 3.49. The van der Waals surface area contributed by atoms with Gasteiger partial charge in [0.1, 0.15) is 5.75 Å². The van der Waals surface area contributed by atoms with Crippen molar-refractivity contribution in [2.75, 3.05) is 0 Å². The van der Waals surface area contributed by atoms with Crippen molar-refractivity contribution in [1.29, 1.82) is 0 Å². The van der Waals surface area contributed by atoms with Crippen LogP contribution in [0.4, 0.5) is 0 Å². The third-order valence-electron chi connectivity index (χ3n) is 4.66. The highest BCUT2D eigenvalue weighted by molar-refractivity contribution is 7.07. The van der Waals surface area contributed by atoms with Crippen LogP contribution in [0.5, 0.6) is 10.9 Å². The van der Waals surface area contributed by atoms with E-state index in [-0.39, 0.29) is 11.9 Å². The molecule has 2 aromatic carbocycles. The number of benzene rings is 2. The van der Waals surface area contributed by atoms with Crippen LogP contribution in [-0.4, -0.2) is 21.3 Å². The first-order valence-electron chi connectivity index (χ1n) is 9.38. The summed E-state index contributed by atoms with van der Waals surface area (Å²) < 4.78 is 10.3. The molecule has 146 valence electrons. The second-order valence-electron chi connectivity index (χ2n) is 7.23. The van der Waals surface area contributed by atoms with Gasteiger partial charge in [-0.3, -0.25) is 4.79 Å². The van der Waals surface area contributed by atoms with Gasteiger partial charge in [-0.2, -0.15) is 9.36 Å². The molecular formula is C22H25N3O2S. The van der Waals surface area contributed by atoms with Gasteiger partial charge in [0, 0.05) is 29.6 Å². The topological polar surface area (TPSA) is 64.1 Å². The predicted molar refractivity (Wildman–Crippen MR) is 112 cm³/mol. The molecule has 6 heteroatoms. The Morgan fingerprint density at radius 2 is 1.89 bits per heavy atom. The first kappa shape index (κ1) is 20.0. The molecule has 0 aliphatic carbocycles. The monoisotopic (exact) mass is 395 g/mol. The molecule has 0 saturated carbocycles. The van der Waals surface area contributed by atoms with Gasteiger partial charge in [0.2, 0.25) is 0 Å². The number of nitrogens with one attached hydrogen (secondary N) is 1. The fourth-order valence-corrected chi connectivity index (χ4v) is 3.09. The van der Waals surface area contributed by atoms with Crippen molar-refractivity contribution in [3.05, 3.63) is 71.0 Å². The third-order valence-corrected chi connectivity index (χ3v) is 5.29. The summed E-state index contributed by atoms with van der Waals surface area (Å²) in [4.78, 5) is 17.0. The van der Waals surface area contributed by atoms with Crippen molar-refractivity contribution >= 4 is 17.4 Å². The van der Waals surface area contributed by atoms with E-state index in [0.717, 1.165) is 17.0 Å². The SMILES string of the molecule is Cc1ccc(C(=O)NC(C)C(C)C)cc1Oc1nc(Cc2ccccc2)ns1. The van der Waals surface area contributed by atoms with Crippen LogP contribution in [0.1, 0.15) is 48.1 Å². The number of carbonyl (C=O) groups is 1. The molecule has 1 aromatic heterocycles. The quantitative estimate of drug-likeness (QED) is 0.611. The zero-order valence-electron chi connectivity index (χ0n) is 16.6. The van der Waals surface area contributed by atoms with Gasteiger partial charge in [-0.15, -0.1) is 0 Å². The fraction of sp³-hybridized carbons (Fsp3) is 0.318. The summed E-state index contributed by atoms with van der Waals surface area (Å²) in [7, 11) is 0. The fourth-order valence-electron chi connectivity index (χ4n) is 2.53. The minimum Gasteiger partial charge on any atom is -0.430 e. The van der Waals surface area contributed by atoms with Crippen molar-refractivity contribution < 1.29 is 9.53 Å². The molecule has 1 atom stereocenters. The minimum atomic E-state index is -0.104. The third kappa shape index (κ3) is 5.16. The lowest BCUT2D eigenvalue weighted by molar-refractivity contribution is 0.0930. The number of aryl methyl sites for hydroxylation is 1. The van der Waals surface area contributed by atoms with Crippen LogP contribution in [0, 0.1) is 12.8 Å². The van der Waals surface area contributed by atoms with Crippen LogP contribution < -0.4 is 10.1 Å². The second-order valence-corrected chi connectivity index (χ2v) is 7.94. The van der Waals surface area contributed by atoms with Crippen LogP contribution in [0.15, 0.2) is 48.5 Å². The number of rotatable bonds is 7. The lowest BCUT2D eigenvalue weighted by Crippen LogP contribution is -2.36. The van der Waals surface area contributed by atoms with Gasteiger partial charge in [-0.05, 0) is 43.0 Å². The Balaban J connectivity index is 1.71. The molecule has 0 fully saturated rings. The molecule has 0 bridgehead atoms. The van der Waals surface area contributed by atoms with Crippen LogP contribution in [0.3, 0.4) is 0 Å². The normalized spacial score (nSPS) is 12.0. The summed E-state index contributed by atoms with van der Waals surface area (Å²) in [5.41, 5.74) is 2.66. The maximum Gasteiger partial charge on any atom is 0.298 e. The maximum atomic E-state index is 12.5. The number of amides is 1. The Hall–Kier alpha value is -2.73.